The van der Waals surface area contributed by atoms with E-state index in [9.17, 15) is 4.79 Å². The normalized spacial score (nSPS) is 10.9. The van der Waals surface area contributed by atoms with Crippen molar-refractivity contribution in [3.63, 3.8) is 0 Å². The van der Waals surface area contributed by atoms with Crippen molar-refractivity contribution in [1.29, 1.82) is 0 Å². The first kappa shape index (κ1) is 18.1. The maximum atomic E-state index is 11.8. The first-order chi connectivity index (χ1) is 11.2. The second kappa shape index (κ2) is 9.80. The van der Waals surface area contributed by atoms with Gasteiger partial charge in [-0.1, -0.05) is 12.8 Å². The lowest BCUT2D eigenvalue weighted by Gasteiger charge is -2.04. The Hall–Kier alpha value is -1.24. The summed E-state index contributed by atoms with van der Waals surface area (Å²) in [6, 6.07) is 4.25. The third-order valence-electron chi connectivity index (χ3n) is 3.58. The Morgan fingerprint density at radius 1 is 1.26 bits per heavy atom. The summed E-state index contributed by atoms with van der Waals surface area (Å²) in [6.45, 7) is 3.47. The minimum Gasteiger partial charge on any atom is -0.356 e. The van der Waals surface area contributed by atoms with Gasteiger partial charge in [0.15, 0.2) is 0 Å². The van der Waals surface area contributed by atoms with Gasteiger partial charge in [0.05, 0.1) is 15.6 Å². The predicted molar refractivity (Wildman–Crippen MR) is 99.0 cm³/mol. The molecule has 2 aromatic rings. The number of nitrogens with zero attached hydrogens (tertiary/aromatic N) is 1. The van der Waals surface area contributed by atoms with Crippen molar-refractivity contribution in [2.75, 3.05) is 13.1 Å². The van der Waals surface area contributed by atoms with Crippen LogP contribution in [-0.2, 0) is 11.2 Å². The van der Waals surface area contributed by atoms with E-state index < -0.39 is 0 Å². The molecular weight excluding hydrogens is 326 g/mol. The van der Waals surface area contributed by atoms with Crippen molar-refractivity contribution in [2.45, 2.75) is 45.4 Å². The van der Waals surface area contributed by atoms with Gasteiger partial charge in [-0.05, 0) is 44.9 Å². The summed E-state index contributed by atoms with van der Waals surface area (Å²) < 4.78 is 0. The first-order valence-electron chi connectivity index (χ1n) is 8.17. The second-order valence-corrected chi connectivity index (χ2v) is 7.80. The maximum Gasteiger partial charge on any atom is 0.220 e. The van der Waals surface area contributed by atoms with E-state index in [0.717, 1.165) is 49.4 Å². The molecule has 0 aliphatic carbocycles. The molecule has 0 saturated heterocycles. The molecule has 0 aliphatic heterocycles. The summed E-state index contributed by atoms with van der Waals surface area (Å²) in [6.07, 6.45) is 5.73. The fourth-order valence-corrected chi connectivity index (χ4v) is 3.98. The van der Waals surface area contributed by atoms with E-state index in [2.05, 4.69) is 27.8 Å². The van der Waals surface area contributed by atoms with Gasteiger partial charge in [0.2, 0.25) is 5.91 Å². The highest BCUT2D eigenvalue weighted by atomic mass is 32.1. The van der Waals surface area contributed by atoms with E-state index >= 15 is 0 Å². The summed E-state index contributed by atoms with van der Waals surface area (Å²) in [4.78, 5) is 18.8. The Morgan fingerprint density at radius 3 is 2.83 bits per heavy atom. The molecule has 126 valence electrons. The molecule has 3 N–H and O–H groups in total. The summed E-state index contributed by atoms with van der Waals surface area (Å²) in [5.41, 5.74) is 6.51. The minimum atomic E-state index is 0.157. The monoisotopic (exact) mass is 351 g/mol. The number of unbranched alkanes of at least 4 members (excludes halogenated alkanes) is 3. The van der Waals surface area contributed by atoms with Crippen LogP contribution >= 0.6 is 22.7 Å². The van der Waals surface area contributed by atoms with Gasteiger partial charge >= 0.3 is 0 Å². The van der Waals surface area contributed by atoms with Crippen LogP contribution in [0, 0.1) is 6.92 Å². The van der Waals surface area contributed by atoms with Gasteiger partial charge in [-0.15, -0.1) is 22.7 Å². The predicted octanol–water partition coefficient (Wildman–Crippen LogP) is 3.75. The summed E-state index contributed by atoms with van der Waals surface area (Å²) in [7, 11) is 0. The number of thiophene rings is 1. The molecule has 0 atom stereocenters. The van der Waals surface area contributed by atoms with E-state index in [4.69, 9.17) is 5.73 Å². The molecule has 4 nitrogen and oxygen atoms in total. The number of hydrogen-bond acceptors (Lipinski definition) is 5. The maximum absolute atomic E-state index is 11.8. The van der Waals surface area contributed by atoms with E-state index in [1.807, 2.05) is 6.92 Å². The summed E-state index contributed by atoms with van der Waals surface area (Å²) >= 11 is 3.43. The van der Waals surface area contributed by atoms with Crippen molar-refractivity contribution >= 4 is 28.6 Å². The number of nitrogens with one attached hydrogen (secondary N) is 1. The smallest absolute Gasteiger partial charge is 0.220 e. The van der Waals surface area contributed by atoms with E-state index in [0.29, 0.717) is 13.0 Å². The Balaban J connectivity index is 1.64. The lowest BCUT2D eigenvalue weighted by Crippen LogP contribution is -2.25. The number of amides is 1. The van der Waals surface area contributed by atoms with Gasteiger partial charge in [0.25, 0.3) is 0 Å². The van der Waals surface area contributed by atoms with Gasteiger partial charge in [-0.2, -0.15) is 0 Å². The van der Waals surface area contributed by atoms with Crippen LogP contribution in [0.1, 0.15) is 42.0 Å². The molecule has 0 radical (unpaired) electrons. The summed E-state index contributed by atoms with van der Waals surface area (Å²) in [5.74, 6) is 0.157. The zero-order valence-electron chi connectivity index (χ0n) is 13.6. The van der Waals surface area contributed by atoms with Crippen LogP contribution in [0.4, 0.5) is 0 Å². The average molecular weight is 352 g/mol. The van der Waals surface area contributed by atoms with E-state index in [1.54, 1.807) is 22.7 Å². The highest BCUT2D eigenvalue weighted by molar-refractivity contribution is 7.16. The number of nitrogens with two attached hydrogens (primary N) is 1. The topological polar surface area (TPSA) is 68.0 Å². The molecule has 2 rings (SSSR count). The van der Waals surface area contributed by atoms with Crippen molar-refractivity contribution in [3.05, 3.63) is 27.4 Å². The van der Waals surface area contributed by atoms with E-state index in [1.165, 1.54) is 9.75 Å². The van der Waals surface area contributed by atoms with Crippen LogP contribution in [0.3, 0.4) is 0 Å². The number of aryl methyl sites for hydroxylation is 1. The quantitative estimate of drug-likeness (QED) is 0.641. The highest BCUT2D eigenvalue weighted by Gasteiger charge is 2.07. The molecule has 0 aromatic carbocycles. The molecule has 2 heterocycles. The van der Waals surface area contributed by atoms with Crippen molar-refractivity contribution in [1.82, 2.24) is 10.3 Å². The van der Waals surface area contributed by atoms with Crippen LogP contribution in [0.15, 0.2) is 17.5 Å². The largest absolute Gasteiger partial charge is 0.356 e. The fourth-order valence-electron chi connectivity index (χ4n) is 2.32. The van der Waals surface area contributed by atoms with Crippen LogP contribution in [0.2, 0.25) is 0 Å². The van der Waals surface area contributed by atoms with Gasteiger partial charge < -0.3 is 11.1 Å². The number of carbonyl (C=O) groups excluding carboxylic acids is 1. The standard InChI is InChI=1S/C17H25N3OS2/c1-13-20-15(12-22-13)16-8-7-14(23-16)9-11-19-17(21)6-4-2-3-5-10-18/h7-8,12H,2-6,9-11,18H2,1H3,(H,19,21). The molecule has 1 amide bonds. The molecule has 0 fully saturated rings. The lowest BCUT2D eigenvalue weighted by molar-refractivity contribution is -0.121. The molecule has 0 spiro atoms. The lowest BCUT2D eigenvalue weighted by atomic mass is 10.1. The van der Waals surface area contributed by atoms with Crippen LogP contribution in [-0.4, -0.2) is 24.0 Å². The van der Waals surface area contributed by atoms with Crippen molar-refractivity contribution in [3.8, 4) is 10.6 Å². The zero-order valence-corrected chi connectivity index (χ0v) is 15.3. The van der Waals surface area contributed by atoms with Crippen LogP contribution < -0.4 is 11.1 Å². The Bertz CT molecular complexity index is 607. The number of carbonyl (C=O) groups is 1. The van der Waals surface area contributed by atoms with Gasteiger partial charge in [0, 0.05) is 23.2 Å². The SMILES string of the molecule is Cc1nc(-c2ccc(CCNC(=O)CCCCCCN)s2)cs1. The van der Waals surface area contributed by atoms with Crippen LogP contribution in [0.25, 0.3) is 10.6 Å². The molecule has 0 aliphatic rings. The fraction of sp³-hybridized carbons (Fsp3) is 0.529. The van der Waals surface area contributed by atoms with Gasteiger partial charge in [-0.25, -0.2) is 4.98 Å². The number of thiazole rings is 1. The molecule has 2 aromatic heterocycles. The Morgan fingerprint density at radius 2 is 2.09 bits per heavy atom. The number of rotatable bonds is 10. The summed E-state index contributed by atoms with van der Waals surface area (Å²) in [5, 5.41) is 6.19. The molecule has 0 bridgehead atoms. The van der Waals surface area contributed by atoms with Gasteiger partial charge in [-0.3, -0.25) is 4.79 Å². The third kappa shape index (κ3) is 6.41. The Kier molecular flexibility index (Phi) is 7.71. The van der Waals surface area contributed by atoms with Crippen molar-refractivity contribution in [2.24, 2.45) is 5.73 Å². The molecule has 0 saturated carbocycles. The molecule has 6 heteroatoms. The second-order valence-electron chi connectivity index (χ2n) is 5.57. The first-order valence-corrected chi connectivity index (χ1v) is 9.86. The minimum absolute atomic E-state index is 0.157. The highest BCUT2D eigenvalue weighted by Crippen LogP contribution is 2.29. The third-order valence-corrected chi connectivity index (χ3v) is 5.53. The molecule has 0 unspecified atom stereocenters. The van der Waals surface area contributed by atoms with Crippen LogP contribution in [0.5, 0.6) is 0 Å². The number of aromatic nitrogens is 1. The molecule has 23 heavy (non-hydrogen) atoms. The zero-order chi connectivity index (χ0) is 16.5. The van der Waals surface area contributed by atoms with Crippen molar-refractivity contribution < 1.29 is 4.79 Å². The van der Waals surface area contributed by atoms with Gasteiger partial charge in [0.1, 0.15) is 0 Å². The van der Waals surface area contributed by atoms with E-state index in [-0.39, 0.29) is 5.91 Å². The average Bonchev–Trinajstić information content (AvgIpc) is 3.16. The number of hydrogen-bond donors (Lipinski definition) is 2. The molecular formula is C17H25N3OS2. The Labute approximate surface area is 146 Å².